The first kappa shape index (κ1) is 20.6. The summed E-state index contributed by atoms with van der Waals surface area (Å²) in [6, 6.07) is 13.0. The number of H-pyrrole nitrogens is 1. The highest BCUT2D eigenvalue weighted by Crippen LogP contribution is 2.19. The number of aromatic nitrogens is 3. The number of halogens is 2. The molecule has 0 amide bonds. The molecule has 160 valence electrons. The molecule has 0 radical (unpaired) electrons. The summed E-state index contributed by atoms with van der Waals surface area (Å²) in [5, 5.41) is 12.1. The highest BCUT2D eigenvalue weighted by molar-refractivity contribution is 5.83. The van der Waals surface area contributed by atoms with E-state index in [-0.39, 0.29) is 11.6 Å². The monoisotopic (exact) mass is 422 g/mol. The van der Waals surface area contributed by atoms with Crippen LogP contribution in [0.25, 0.3) is 16.6 Å². The van der Waals surface area contributed by atoms with Crippen molar-refractivity contribution in [3.63, 3.8) is 0 Å². The highest BCUT2D eigenvalue weighted by atomic mass is 19.1. The molecule has 31 heavy (non-hydrogen) atoms. The maximum atomic E-state index is 13.3. The van der Waals surface area contributed by atoms with Gasteiger partial charge in [0.05, 0.1) is 11.4 Å². The van der Waals surface area contributed by atoms with Gasteiger partial charge in [-0.25, -0.2) is 13.5 Å². The van der Waals surface area contributed by atoms with Crippen molar-refractivity contribution in [2.24, 2.45) is 4.99 Å². The number of guanidine groups is 1. The summed E-state index contributed by atoms with van der Waals surface area (Å²) in [4.78, 5) is 7.36. The molecule has 0 saturated carbocycles. The van der Waals surface area contributed by atoms with E-state index in [9.17, 15) is 8.78 Å². The third-order valence-electron chi connectivity index (χ3n) is 5.05. The van der Waals surface area contributed by atoms with Crippen molar-refractivity contribution in [1.29, 1.82) is 0 Å². The number of fused-ring (bicyclic) bond motifs is 1. The Morgan fingerprint density at radius 1 is 1.00 bits per heavy atom. The van der Waals surface area contributed by atoms with Crippen molar-refractivity contribution in [2.45, 2.75) is 12.8 Å². The van der Waals surface area contributed by atoms with Gasteiger partial charge in [-0.1, -0.05) is 0 Å². The maximum Gasteiger partial charge on any atom is 0.190 e. The maximum absolute atomic E-state index is 13.3. The van der Waals surface area contributed by atoms with E-state index < -0.39 is 0 Å². The van der Waals surface area contributed by atoms with Crippen LogP contribution in [0.15, 0.2) is 65.9 Å². The van der Waals surface area contributed by atoms with E-state index in [0.717, 1.165) is 40.7 Å². The first-order chi connectivity index (χ1) is 15.1. The van der Waals surface area contributed by atoms with Crippen molar-refractivity contribution in [1.82, 2.24) is 25.4 Å². The lowest BCUT2D eigenvalue weighted by Gasteiger charge is -2.11. The standard InChI is InChI=1S/C23H24F2N6/c1-26-23(27-11-8-16-15-29-22-14-18(25)4-7-21(16)22)28-12-9-19-10-13-31(30-19)20-5-2-17(24)3-6-20/h2-7,10,13-15,29H,8-9,11-12H2,1H3,(H2,26,27,28). The molecular weight excluding hydrogens is 398 g/mol. The summed E-state index contributed by atoms with van der Waals surface area (Å²) in [7, 11) is 1.73. The third kappa shape index (κ3) is 5.09. The highest BCUT2D eigenvalue weighted by Gasteiger charge is 2.06. The van der Waals surface area contributed by atoms with Gasteiger partial charge in [0.25, 0.3) is 0 Å². The van der Waals surface area contributed by atoms with Gasteiger partial charge in [0.15, 0.2) is 5.96 Å². The Labute approximate surface area is 179 Å². The number of hydrogen-bond donors (Lipinski definition) is 3. The molecule has 0 saturated heterocycles. The van der Waals surface area contributed by atoms with E-state index in [1.54, 1.807) is 29.9 Å². The molecule has 0 bridgehead atoms. The fourth-order valence-corrected chi connectivity index (χ4v) is 3.44. The van der Waals surface area contributed by atoms with Crippen molar-refractivity contribution in [3.8, 4) is 5.69 Å². The number of rotatable bonds is 7. The molecule has 6 nitrogen and oxygen atoms in total. The number of nitrogens with zero attached hydrogens (tertiary/aromatic N) is 3. The Hall–Kier alpha value is -3.68. The molecule has 8 heteroatoms. The smallest absolute Gasteiger partial charge is 0.190 e. The number of aromatic amines is 1. The van der Waals surface area contributed by atoms with Crippen LogP contribution in [0.1, 0.15) is 11.3 Å². The summed E-state index contributed by atoms with van der Waals surface area (Å²) < 4.78 is 28.1. The predicted molar refractivity (Wildman–Crippen MR) is 119 cm³/mol. The van der Waals surface area contributed by atoms with Crippen LogP contribution in [-0.2, 0) is 12.8 Å². The first-order valence-electron chi connectivity index (χ1n) is 10.1. The summed E-state index contributed by atoms with van der Waals surface area (Å²) in [6.45, 7) is 1.37. The Bertz CT molecular complexity index is 1180. The van der Waals surface area contributed by atoms with E-state index in [0.29, 0.717) is 19.0 Å². The second-order valence-electron chi connectivity index (χ2n) is 7.16. The minimum atomic E-state index is -0.266. The van der Waals surface area contributed by atoms with E-state index in [1.165, 1.54) is 24.3 Å². The van der Waals surface area contributed by atoms with Gasteiger partial charge in [-0.05, 0) is 60.5 Å². The fraction of sp³-hybridized carbons (Fsp3) is 0.217. The van der Waals surface area contributed by atoms with E-state index in [2.05, 4.69) is 25.7 Å². The lowest BCUT2D eigenvalue weighted by atomic mass is 10.1. The fourth-order valence-electron chi connectivity index (χ4n) is 3.44. The van der Waals surface area contributed by atoms with Gasteiger partial charge in [-0.3, -0.25) is 4.99 Å². The zero-order valence-corrected chi connectivity index (χ0v) is 17.2. The molecule has 0 fully saturated rings. The van der Waals surface area contributed by atoms with Gasteiger partial charge in [-0.15, -0.1) is 0 Å². The van der Waals surface area contributed by atoms with E-state index in [4.69, 9.17) is 0 Å². The molecule has 4 rings (SSSR count). The normalized spacial score (nSPS) is 11.8. The predicted octanol–water partition coefficient (Wildman–Crippen LogP) is 3.58. The average Bonchev–Trinajstić information content (AvgIpc) is 3.40. The molecule has 2 aromatic heterocycles. The summed E-state index contributed by atoms with van der Waals surface area (Å²) in [6.07, 6.45) is 5.29. The van der Waals surface area contributed by atoms with Gasteiger partial charge in [0, 0.05) is 49.9 Å². The quantitative estimate of drug-likeness (QED) is 0.315. The van der Waals surface area contributed by atoms with Gasteiger partial charge in [0.1, 0.15) is 11.6 Å². The largest absolute Gasteiger partial charge is 0.361 e. The SMILES string of the molecule is CN=C(NCCc1ccn(-c2ccc(F)cc2)n1)NCCc1c[nH]c2cc(F)ccc12. The number of aliphatic imine (C=N–C) groups is 1. The topological polar surface area (TPSA) is 70.0 Å². The lowest BCUT2D eigenvalue weighted by molar-refractivity contribution is 0.627. The van der Waals surface area contributed by atoms with E-state index in [1.807, 2.05) is 18.5 Å². The molecule has 3 N–H and O–H groups in total. The lowest BCUT2D eigenvalue weighted by Crippen LogP contribution is -2.39. The first-order valence-corrected chi connectivity index (χ1v) is 10.1. The van der Waals surface area contributed by atoms with Gasteiger partial charge in [-0.2, -0.15) is 5.10 Å². The Morgan fingerprint density at radius 2 is 1.74 bits per heavy atom. The molecule has 2 heterocycles. The molecule has 0 aliphatic heterocycles. The molecule has 0 atom stereocenters. The van der Waals surface area contributed by atoms with Crippen molar-refractivity contribution >= 4 is 16.9 Å². The van der Waals surface area contributed by atoms with Crippen LogP contribution in [0.2, 0.25) is 0 Å². The molecule has 0 spiro atoms. The van der Waals surface area contributed by atoms with Crippen molar-refractivity contribution in [2.75, 3.05) is 20.1 Å². The molecule has 0 aliphatic carbocycles. The Balaban J connectivity index is 1.24. The molecule has 4 aromatic rings. The van der Waals surface area contributed by atoms with Crippen molar-refractivity contribution in [3.05, 3.63) is 83.8 Å². The Morgan fingerprint density at radius 3 is 2.52 bits per heavy atom. The van der Waals surface area contributed by atoms with Crippen molar-refractivity contribution < 1.29 is 8.78 Å². The van der Waals surface area contributed by atoms with Crippen LogP contribution in [0.4, 0.5) is 8.78 Å². The van der Waals surface area contributed by atoms with Gasteiger partial charge >= 0.3 is 0 Å². The zero-order valence-electron chi connectivity index (χ0n) is 17.2. The second kappa shape index (κ2) is 9.42. The average molecular weight is 422 g/mol. The van der Waals surface area contributed by atoms with Crippen LogP contribution >= 0.6 is 0 Å². The third-order valence-corrected chi connectivity index (χ3v) is 5.05. The summed E-state index contributed by atoms with van der Waals surface area (Å²) in [5.74, 6) is 0.202. The Kier molecular flexibility index (Phi) is 6.26. The number of nitrogens with one attached hydrogen (secondary N) is 3. The van der Waals surface area contributed by atoms with Crippen LogP contribution in [0.5, 0.6) is 0 Å². The van der Waals surface area contributed by atoms with Crippen LogP contribution in [0, 0.1) is 11.6 Å². The molecular formula is C23H24F2N6. The number of benzene rings is 2. The second-order valence-corrected chi connectivity index (χ2v) is 7.16. The zero-order chi connectivity index (χ0) is 21.6. The minimum Gasteiger partial charge on any atom is -0.361 e. The summed E-state index contributed by atoms with van der Waals surface area (Å²) >= 11 is 0. The molecule has 0 unspecified atom stereocenters. The van der Waals surface area contributed by atoms with Gasteiger partial charge < -0.3 is 15.6 Å². The number of hydrogen-bond acceptors (Lipinski definition) is 2. The molecule has 2 aromatic carbocycles. The van der Waals surface area contributed by atoms with Crippen LogP contribution in [-0.4, -0.2) is 40.9 Å². The van der Waals surface area contributed by atoms with Crippen LogP contribution < -0.4 is 10.6 Å². The minimum absolute atomic E-state index is 0.244. The molecule has 0 aliphatic rings. The van der Waals surface area contributed by atoms with Gasteiger partial charge in [0.2, 0.25) is 0 Å². The van der Waals surface area contributed by atoms with Crippen LogP contribution in [0.3, 0.4) is 0 Å². The summed E-state index contributed by atoms with van der Waals surface area (Å²) in [5.41, 5.74) is 3.68. The van der Waals surface area contributed by atoms with E-state index >= 15 is 0 Å².